The van der Waals surface area contributed by atoms with Crippen LogP contribution >= 0.6 is 0 Å². The molecule has 1 aliphatic heterocycles. The van der Waals surface area contributed by atoms with Crippen molar-refractivity contribution in [3.63, 3.8) is 0 Å². The number of hydrogen-bond donors (Lipinski definition) is 4. The van der Waals surface area contributed by atoms with Crippen LogP contribution in [0.4, 0.5) is 24.7 Å². The van der Waals surface area contributed by atoms with Crippen molar-refractivity contribution in [1.29, 1.82) is 5.26 Å². The second kappa shape index (κ2) is 13.4. The van der Waals surface area contributed by atoms with Gasteiger partial charge in [-0.05, 0) is 36.6 Å². The van der Waals surface area contributed by atoms with Crippen LogP contribution in [0.25, 0.3) is 16.9 Å². The molecule has 0 saturated carbocycles. The average Bonchev–Trinajstić information content (AvgIpc) is 3.75. The molecule has 5 rings (SSSR count). The number of carbonyl (C=O) groups excluding carboxylic acids is 3. The molecule has 47 heavy (non-hydrogen) atoms. The lowest BCUT2D eigenvalue weighted by Crippen LogP contribution is -2.47. The van der Waals surface area contributed by atoms with Gasteiger partial charge in [0.15, 0.2) is 23.4 Å². The number of aromatic nitrogens is 5. The zero-order valence-corrected chi connectivity index (χ0v) is 25.0. The quantitative estimate of drug-likeness (QED) is 0.142. The summed E-state index contributed by atoms with van der Waals surface area (Å²) in [4.78, 5) is 46.2. The Labute approximate surface area is 265 Å². The Morgan fingerprint density at radius 3 is 2.72 bits per heavy atom. The van der Waals surface area contributed by atoms with E-state index in [4.69, 9.17) is 21.5 Å². The highest BCUT2D eigenvalue weighted by atomic mass is 19.4. The largest absolute Gasteiger partial charge is 0.438 e. The summed E-state index contributed by atoms with van der Waals surface area (Å²) in [7, 11) is 0. The number of primary amides is 1. The molecule has 1 aromatic carbocycles. The van der Waals surface area contributed by atoms with E-state index in [9.17, 15) is 27.6 Å². The van der Waals surface area contributed by atoms with Crippen LogP contribution < -0.4 is 22.1 Å². The fourth-order valence-corrected chi connectivity index (χ4v) is 5.33. The van der Waals surface area contributed by atoms with Crippen LogP contribution in [0.1, 0.15) is 35.0 Å². The van der Waals surface area contributed by atoms with E-state index in [2.05, 4.69) is 25.7 Å². The van der Waals surface area contributed by atoms with Crippen LogP contribution in [-0.2, 0) is 33.5 Å². The second-order valence-corrected chi connectivity index (χ2v) is 10.6. The Morgan fingerprint density at radius 1 is 1.23 bits per heavy atom. The Kier molecular flexibility index (Phi) is 9.39. The molecular weight excluding hydrogens is 623 g/mol. The second-order valence-electron chi connectivity index (χ2n) is 10.6. The number of amides is 2. The van der Waals surface area contributed by atoms with Crippen molar-refractivity contribution < 1.29 is 32.3 Å². The molecule has 15 nitrogen and oxygen atoms in total. The predicted octanol–water partition coefficient (Wildman–Crippen LogP) is 1.56. The number of imidazole rings is 1. The molecular formula is C29H30F3N11O4. The molecule has 4 heterocycles. The van der Waals surface area contributed by atoms with E-state index >= 15 is 0 Å². The summed E-state index contributed by atoms with van der Waals surface area (Å²) >= 11 is 0. The van der Waals surface area contributed by atoms with Crippen molar-refractivity contribution in [2.45, 2.75) is 44.8 Å². The molecule has 0 aliphatic carbocycles. The number of nitriles is 1. The SMILES string of the molecule is CCc1cc(Nc2nccn3c(-c4cn(CC#N)nc4C(F)(F)F)cnc23)ccc1C(=O)NCCN1CC[C@@H](N)C1OC(=O)C(N)=O. The summed E-state index contributed by atoms with van der Waals surface area (Å²) in [6.45, 7) is 2.54. The van der Waals surface area contributed by atoms with Crippen LogP contribution in [-0.4, -0.2) is 78.7 Å². The standard InChI is InChI=1S/C29H30F3N11O4/c1-2-16-13-17(3-4-18(16)26(45)37-7-11-41-9-5-20(34)27(41)47-28(46)23(35)44)39-24-25-38-14-21(43(25)12-8-36-24)19-15-42(10-6-33)40-22(19)29(30,31)32/h3-4,8,12-15,20,27H,2,5,7,9-11,34H2,1H3,(H2,35,44)(H,36,39)(H,37,45)/t20-,27?/m1/s1. The molecule has 246 valence electrons. The fraction of sp³-hybridized carbons (Fsp3) is 0.345. The number of likely N-dealkylation sites (tertiary alicyclic amines) is 1. The molecule has 1 aliphatic rings. The highest BCUT2D eigenvalue weighted by Gasteiger charge is 2.38. The lowest BCUT2D eigenvalue weighted by Gasteiger charge is -2.26. The van der Waals surface area contributed by atoms with Crippen LogP contribution in [0.15, 0.2) is 43.0 Å². The summed E-state index contributed by atoms with van der Waals surface area (Å²) < 4.78 is 48.8. The third-order valence-electron chi connectivity index (χ3n) is 7.55. The van der Waals surface area contributed by atoms with Gasteiger partial charge in [0, 0.05) is 49.5 Å². The lowest BCUT2D eigenvalue weighted by atomic mass is 10.0. The van der Waals surface area contributed by atoms with Gasteiger partial charge in [-0.25, -0.2) is 14.8 Å². The monoisotopic (exact) mass is 653 g/mol. The van der Waals surface area contributed by atoms with E-state index in [1.54, 1.807) is 29.2 Å². The van der Waals surface area contributed by atoms with E-state index in [0.29, 0.717) is 42.7 Å². The Hall–Kier alpha value is -5.54. The molecule has 0 spiro atoms. The van der Waals surface area contributed by atoms with E-state index < -0.39 is 36.0 Å². The summed E-state index contributed by atoms with van der Waals surface area (Å²) in [5, 5.41) is 18.5. The highest BCUT2D eigenvalue weighted by molar-refractivity contribution is 6.31. The van der Waals surface area contributed by atoms with Gasteiger partial charge in [-0.1, -0.05) is 6.92 Å². The number of ether oxygens (including phenoxy) is 1. The molecule has 6 N–H and O–H groups in total. The maximum Gasteiger partial charge on any atom is 0.435 e. The number of halogens is 3. The number of hydrogen-bond acceptors (Lipinski definition) is 11. The zero-order chi connectivity index (χ0) is 33.9. The summed E-state index contributed by atoms with van der Waals surface area (Å²) in [5.41, 5.74) is 11.7. The number of benzene rings is 1. The molecule has 0 bridgehead atoms. The van der Waals surface area contributed by atoms with Crippen LogP contribution in [0.2, 0.25) is 0 Å². The van der Waals surface area contributed by atoms with Crippen molar-refractivity contribution in [3.8, 4) is 17.3 Å². The normalized spacial score (nSPS) is 16.6. The first kappa shape index (κ1) is 32.8. The number of aryl methyl sites for hydroxylation is 1. The predicted molar refractivity (Wildman–Crippen MR) is 159 cm³/mol. The molecule has 1 saturated heterocycles. The van der Waals surface area contributed by atoms with E-state index in [0.717, 1.165) is 10.9 Å². The van der Waals surface area contributed by atoms with Crippen molar-refractivity contribution in [3.05, 3.63) is 59.8 Å². The molecule has 18 heteroatoms. The first-order valence-corrected chi connectivity index (χ1v) is 14.4. The molecule has 2 atom stereocenters. The maximum absolute atomic E-state index is 13.8. The lowest BCUT2D eigenvalue weighted by molar-refractivity contribution is -0.164. The topological polar surface area (TPSA) is 212 Å². The molecule has 0 radical (unpaired) electrons. The van der Waals surface area contributed by atoms with Crippen molar-refractivity contribution >= 4 is 34.9 Å². The first-order chi connectivity index (χ1) is 22.4. The number of rotatable bonds is 10. The van der Waals surface area contributed by atoms with Crippen molar-refractivity contribution in [1.82, 2.24) is 34.4 Å². The van der Waals surface area contributed by atoms with Gasteiger partial charge in [0.25, 0.3) is 5.91 Å². The molecule has 1 unspecified atom stereocenters. The van der Waals surface area contributed by atoms with Gasteiger partial charge in [0.2, 0.25) is 0 Å². The number of carbonyl (C=O) groups is 3. The Morgan fingerprint density at radius 2 is 2.02 bits per heavy atom. The van der Waals surface area contributed by atoms with Gasteiger partial charge in [-0.15, -0.1) is 0 Å². The smallest absolute Gasteiger partial charge is 0.435 e. The minimum absolute atomic E-state index is 0.108. The van der Waals surface area contributed by atoms with E-state index in [1.165, 1.54) is 23.0 Å². The van der Waals surface area contributed by atoms with Crippen LogP contribution in [0.3, 0.4) is 0 Å². The van der Waals surface area contributed by atoms with E-state index in [-0.39, 0.29) is 41.7 Å². The van der Waals surface area contributed by atoms with Crippen molar-refractivity contribution in [2.24, 2.45) is 11.5 Å². The number of nitrogens with zero attached hydrogens (tertiary/aromatic N) is 7. The number of nitrogens with one attached hydrogen (secondary N) is 2. The zero-order valence-electron chi connectivity index (χ0n) is 25.0. The summed E-state index contributed by atoms with van der Waals surface area (Å²) in [6.07, 6.45) is 0.738. The van der Waals surface area contributed by atoms with Gasteiger partial charge in [0.05, 0.1) is 29.6 Å². The molecule has 4 aromatic rings. The van der Waals surface area contributed by atoms with Crippen LogP contribution in [0, 0.1) is 11.3 Å². The highest BCUT2D eigenvalue weighted by Crippen LogP contribution is 2.37. The summed E-state index contributed by atoms with van der Waals surface area (Å²) in [6, 6.07) is 6.34. The number of fused-ring (bicyclic) bond motifs is 1. The van der Waals surface area contributed by atoms with Gasteiger partial charge in [0.1, 0.15) is 6.54 Å². The van der Waals surface area contributed by atoms with Crippen molar-refractivity contribution in [2.75, 3.05) is 25.0 Å². The van der Waals surface area contributed by atoms with Gasteiger partial charge in [-0.2, -0.15) is 23.5 Å². The van der Waals surface area contributed by atoms with Gasteiger partial charge >= 0.3 is 18.1 Å². The number of nitrogens with two attached hydrogens (primary N) is 2. The van der Waals surface area contributed by atoms with Crippen LogP contribution in [0.5, 0.6) is 0 Å². The Bertz CT molecular complexity index is 1860. The number of alkyl halides is 3. The minimum Gasteiger partial charge on any atom is -0.438 e. The fourth-order valence-electron chi connectivity index (χ4n) is 5.33. The maximum atomic E-state index is 13.8. The minimum atomic E-state index is -4.76. The van der Waals surface area contributed by atoms with E-state index in [1.807, 2.05) is 6.92 Å². The van der Waals surface area contributed by atoms with Gasteiger partial charge < -0.3 is 26.8 Å². The van der Waals surface area contributed by atoms with Gasteiger partial charge in [-0.3, -0.25) is 23.6 Å². The summed E-state index contributed by atoms with van der Waals surface area (Å²) in [5.74, 6) is -2.48. The average molecular weight is 654 g/mol. The Balaban J connectivity index is 1.30. The number of esters is 1. The molecule has 3 aromatic heterocycles. The number of anilines is 2. The molecule has 2 amide bonds. The first-order valence-electron chi connectivity index (χ1n) is 14.4. The third kappa shape index (κ3) is 7.00. The third-order valence-corrected chi connectivity index (χ3v) is 7.55. The molecule has 1 fully saturated rings.